The predicted molar refractivity (Wildman–Crippen MR) is 78.0 cm³/mol. The fourth-order valence-corrected chi connectivity index (χ4v) is 3.09. The van der Waals surface area contributed by atoms with Crippen LogP contribution in [-0.2, 0) is 10.8 Å². The SMILES string of the molecule is CC(C(=O)c1ccc(Cl)cc1)S(=O)c1cc(F)ccc1F. The van der Waals surface area contributed by atoms with E-state index in [-0.39, 0.29) is 4.90 Å². The molecule has 0 aliphatic heterocycles. The number of benzene rings is 2. The predicted octanol–water partition coefficient (Wildman–Crippen LogP) is 4.00. The molecular formula is C15H11ClF2O2S. The third kappa shape index (κ3) is 3.54. The zero-order chi connectivity index (χ0) is 15.6. The molecule has 0 heterocycles. The molecule has 0 amide bonds. The van der Waals surface area contributed by atoms with Crippen LogP contribution in [0.1, 0.15) is 17.3 Å². The van der Waals surface area contributed by atoms with Gasteiger partial charge in [0.1, 0.15) is 11.6 Å². The molecular weight excluding hydrogens is 318 g/mol. The second kappa shape index (κ2) is 6.45. The molecule has 0 saturated heterocycles. The van der Waals surface area contributed by atoms with Gasteiger partial charge in [0.05, 0.1) is 20.9 Å². The van der Waals surface area contributed by atoms with Gasteiger partial charge < -0.3 is 0 Å². The van der Waals surface area contributed by atoms with Gasteiger partial charge in [-0.25, -0.2) is 8.78 Å². The first kappa shape index (κ1) is 15.8. The Balaban J connectivity index is 2.28. The topological polar surface area (TPSA) is 34.1 Å². The number of Topliss-reactive ketones (excluding diaryl/α,β-unsaturated/α-hetero) is 1. The fourth-order valence-electron chi connectivity index (χ4n) is 1.77. The average Bonchev–Trinajstić information content (AvgIpc) is 2.48. The van der Waals surface area contributed by atoms with Crippen molar-refractivity contribution in [3.8, 4) is 0 Å². The maximum atomic E-state index is 13.6. The molecule has 0 aliphatic carbocycles. The molecule has 2 nitrogen and oxygen atoms in total. The first-order chi connectivity index (χ1) is 9.90. The Kier molecular flexibility index (Phi) is 4.85. The number of ketones is 1. The quantitative estimate of drug-likeness (QED) is 0.795. The van der Waals surface area contributed by atoms with E-state index in [2.05, 4.69) is 0 Å². The van der Waals surface area contributed by atoms with Crippen molar-refractivity contribution in [1.29, 1.82) is 0 Å². The molecule has 110 valence electrons. The second-order valence-electron chi connectivity index (χ2n) is 4.39. The molecule has 0 radical (unpaired) electrons. The minimum atomic E-state index is -1.98. The molecule has 0 spiro atoms. The number of hydrogen-bond acceptors (Lipinski definition) is 2. The van der Waals surface area contributed by atoms with Crippen LogP contribution in [0.25, 0.3) is 0 Å². The van der Waals surface area contributed by atoms with Gasteiger partial charge in [-0.2, -0.15) is 0 Å². The number of halogens is 3. The highest BCUT2D eigenvalue weighted by Crippen LogP contribution is 2.20. The first-order valence-corrected chi connectivity index (χ1v) is 7.64. The minimum Gasteiger partial charge on any atom is -0.293 e. The van der Waals surface area contributed by atoms with Crippen molar-refractivity contribution in [1.82, 2.24) is 0 Å². The maximum absolute atomic E-state index is 13.6. The first-order valence-electron chi connectivity index (χ1n) is 6.05. The van der Waals surface area contributed by atoms with Crippen molar-refractivity contribution in [3.63, 3.8) is 0 Å². The van der Waals surface area contributed by atoms with Crippen LogP contribution in [0.4, 0.5) is 8.78 Å². The Morgan fingerprint density at radius 2 is 1.76 bits per heavy atom. The van der Waals surface area contributed by atoms with Crippen LogP contribution in [0.15, 0.2) is 47.4 Å². The van der Waals surface area contributed by atoms with E-state index in [1.165, 1.54) is 31.2 Å². The van der Waals surface area contributed by atoms with Crippen molar-refractivity contribution >= 4 is 28.2 Å². The average molecular weight is 329 g/mol. The summed E-state index contributed by atoms with van der Waals surface area (Å²) in [5, 5.41) is -0.529. The molecule has 0 fully saturated rings. The van der Waals surface area contributed by atoms with Crippen molar-refractivity contribution in [3.05, 3.63) is 64.7 Å². The Bertz CT molecular complexity index is 701. The summed E-state index contributed by atoms with van der Waals surface area (Å²) < 4.78 is 39.0. The number of hydrogen-bond donors (Lipinski definition) is 0. The lowest BCUT2D eigenvalue weighted by molar-refractivity contribution is 0.0992. The van der Waals surface area contributed by atoms with Gasteiger partial charge in [-0.3, -0.25) is 9.00 Å². The number of rotatable bonds is 4. The van der Waals surface area contributed by atoms with Gasteiger partial charge in [0.2, 0.25) is 0 Å². The van der Waals surface area contributed by atoms with Crippen LogP contribution in [-0.4, -0.2) is 15.2 Å². The van der Waals surface area contributed by atoms with Gasteiger partial charge in [0, 0.05) is 10.6 Å². The van der Waals surface area contributed by atoms with Crippen LogP contribution in [0.3, 0.4) is 0 Å². The third-order valence-electron chi connectivity index (χ3n) is 2.93. The standard InChI is InChI=1S/C15H11ClF2O2S/c1-9(15(19)10-2-4-11(16)5-3-10)21(20)14-8-12(17)6-7-13(14)18/h2-9H,1H3. The van der Waals surface area contributed by atoms with E-state index in [1.54, 1.807) is 0 Å². The van der Waals surface area contributed by atoms with Crippen molar-refractivity contribution < 1.29 is 17.8 Å². The lowest BCUT2D eigenvalue weighted by Crippen LogP contribution is -2.23. The van der Waals surface area contributed by atoms with Gasteiger partial charge in [-0.15, -0.1) is 0 Å². The van der Waals surface area contributed by atoms with Crippen molar-refractivity contribution in [2.75, 3.05) is 0 Å². The second-order valence-corrected chi connectivity index (χ2v) is 6.56. The molecule has 2 unspecified atom stereocenters. The van der Waals surface area contributed by atoms with Gasteiger partial charge in [0.15, 0.2) is 5.78 Å². The summed E-state index contributed by atoms with van der Waals surface area (Å²) in [5.41, 5.74) is 0.317. The van der Waals surface area contributed by atoms with E-state index in [9.17, 15) is 17.8 Å². The van der Waals surface area contributed by atoms with Crippen molar-refractivity contribution in [2.24, 2.45) is 0 Å². The van der Waals surface area contributed by atoms with E-state index >= 15 is 0 Å². The number of carbonyl (C=O) groups is 1. The highest BCUT2D eigenvalue weighted by molar-refractivity contribution is 7.86. The monoisotopic (exact) mass is 328 g/mol. The van der Waals surface area contributed by atoms with Crippen molar-refractivity contribution in [2.45, 2.75) is 17.1 Å². The maximum Gasteiger partial charge on any atom is 0.178 e. The molecule has 0 aliphatic rings. The summed E-state index contributed by atoms with van der Waals surface area (Å²) >= 11 is 5.73. The Morgan fingerprint density at radius 1 is 1.14 bits per heavy atom. The number of carbonyl (C=O) groups excluding carboxylic acids is 1. The highest BCUT2D eigenvalue weighted by atomic mass is 35.5. The molecule has 2 atom stereocenters. The molecule has 2 aromatic carbocycles. The van der Waals surface area contributed by atoms with Gasteiger partial charge in [0.25, 0.3) is 0 Å². The van der Waals surface area contributed by atoms with Crippen LogP contribution in [0.2, 0.25) is 5.02 Å². The summed E-state index contributed by atoms with van der Waals surface area (Å²) in [5.74, 6) is -1.93. The summed E-state index contributed by atoms with van der Waals surface area (Å²) in [7, 11) is -1.98. The minimum absolute atomic E-state index is 0.315. The lowest BCUT2D eigenvalue weighted by atomic mass is 10.1. The molecule has 0 bridgehead atoms. The van der Waals surface area contributed by atoms with Crippen LogP contribution >= 0.6 is 11.6 Å². The van der Waals surface area contributed by atoms with Crippen LogP contribution in [0, 0.1) is 11.6 Å². The Morgan fingerprint density at radius 3 is 2.38 bits per heavy atom. The molecule has 2 aromatic rings. The summed E-state index contributed by atoms with van der Waals surface area (Å²) in [6.07, 6.45) is 0. The lowest BCUT2D eigenvalue weighted by Gasteiger charge is -2.11. The van der Waals surface area contributed by atoms with Crippen LogP contribution < -0.4 is 0 Å². The van der Waals surface area contributed by atoms with Gasteiger partial charge in [-0.05, 0) is 49.4 Å². The summed E-state index contributed by atoms with van der Waals surface area (Å²) in [6.45, 7) is 1.41. The molecule has 6 heteroatoms. The van der Waals surface area contributed by atoms with E-state index in [1.807, 2.05) is 0 Å². The molecule has 0 N–H and O–H groups in total. The van der Waals surface area contributed by atoms with E-state index in [4.69, 9.17) is 11.6 Å². The molecule has 2 rings (SSSR count). The fraction of sp³-hybridized carbons (Fsp3) is 0.133. The summed E-state index contributed by atoms with van der Waals surface area (Å²) in [6, 6.07) is 8.74. The summed E-state index contributed by atoms with van der Waals surface area (Å²) in [4.78, 5) is 11.9. The van der Waals surface area contributed by atoms with E-state index in [0.29, 0.717) is 10.6 Å². The third-order valence-corrected chi connectivity index (χ3v) is 4.78. The van der Waals surface area contributed by atoms with Gasteiger partial charge >= 0.3 is 0 Å². The Labute approximate surface area is 128 Å². The van der Waals surface area contributed by atoms with E-state index in [0.717, 1.165) is 18.2 Å². The highest BCUT2D eigenvalue weighted by Gasteiger charge is 2.25. The molecule has 21 heavy (non-hydrogen) atoms. The van der Waals surface area contributed by atoms with Crippen LogP contribution in [0.5, 0.6) is 0 Å². The Hall–Kier alpha value is -1.59. The smallest absolute Gasteiger partial charge is 0.178 e. The van der Waals surface area contributed by atoms with E-state index < -0.39 is 33.5 Å². The largest absolute Gasteiger partial charge is 0.293 e. The van der Waals surface area contributed by atoms with Gasteiger partial charge in [-0.1, -0.05) is 11.6 Å². The zero-order valence-corrected chi connectivity index (χ0v) is 12.5. The molecule has 0 saturated carbocycles. The zero-order valence-electron chi connectivity index (χ0n) is 11.0. The molecule has 0 aromatic heterocycles. The normalized spacial score (nSPS) is 13.7.